The fourth-order valence-corrected chi connectivity index (χ4v) is 5.17. The molecule has 3 atom stereocenters. The summed E-state index contributed by atoms with van der Waals surface area (Å²) < 4.78 is 1.89. The monoisotopic (exact) mass is 476 g/mol. The molecule has 33 heavy (non-hydrogen) atoms. The molecule has 5 N–H and O–H groups in total. The Bertz CT molecular complexity index is 927. The van der Waals surface area contributed by atoms with E-state index in [9.17, 15) is 19.9 Å². The third kappa shape index (κ3) is 5.97. The number of piperidine rings is 1. The Morgan fingerprint density at radius 1 is 1.36 bits per heavy atom. The van der Waals surface area contributed by atoms with Crippen molar-refractivity contribution in [2.45, 2.75) is 63.5 Å². The second-order valence-electron chi connectivity index (χ2n) is 8.96. The van der Waals surface area contributed by atoms with Crippen LogP contribution in [0.1, 0.15) is 51.5 Å². The molecule has 0 saturated carbocycles. The predicted molar refractivity (Wildman–Crippen MR) is 130 cm³/mol. The molecule has 3 unspecified atom stereocenters. The van der Waals surface area contributed by atoms with Gasteiger partial charge in [0.2, 0.25) is 0 Å². The molecular formula is C23H34BClN4O4. The van der Waals surface area contributed by atoms with Crippen LogP contribution in [0.4, 0.5) is 0 Å². The number of likely N-dealkylation sites (tertiary alicyclic amines) is 1. The zero-order valence-electron chi connectivity index (χ0n) is 19.1. The van der Waals surface area contributed by atoms with Gasteiger partial charge in [0.15, 0.2) is 5.66 Å². The van der Waals surface area contributed by atoms with Crippen LogP contribution < -0.4 is 5.73 Å². The van der Waals surface area contributed by atoms with Crippen LogP contribution >= 0.6 is 11.6 Å². The molecule has 0 aliphatic carbocycles. The number of benzene rings is 1. The zero-order valence-corrected chi connectivity index (χ0v) is 19.9. The minimum atomic E-state index is -1.52. The van der Waals surface area contributed by atoms with E-state index in [1.54, 1.807) is 6.20 Å². The lowest BCUT2D eigenvalue weighted by molar-refractivity contribution is -0.158. The maximum absolute atomic E-state index is 12.5. The number of hydrogen-bond donors (Lipinski definition) is 4. The van der Waals surface area contributed by atoms with Gasteiger partial charge in [0.1, 0.15) is 0 Å². The standard InChI is InChI=1S/C23H34BClN4O4/c1-2-7-18(8-5-12-24(32)33)23(26,22(30)31)28-13-6-9-19(16-28)29-15-17(14-27-29)20-10-3-4-11-21(20)25/h3-4,10-11,14-15,18-19,32-33H,2,5-9,12-13,16,26H2,1H3,(H,30,31). The minimum absolute atomic E-state index is 0.00111. The van der Waals surface area contributed by atoms with E-state index in [0.29, 0.717) is 37.4 Å². The summed E-state index contributed by atoms with van der Waals surface area (Å²) in [5.41, 5.74) is 6.98. The second-order valence-corrected chi connectivity index (χ2v) is 9.37. The largest absolute Gasteiger partial charge is 0.479 e. The van der Waals surface area contributed by atoms with Crippen molar-refractivity contribution in [2.75, 3.05) is 13.1 Å². The first kappa shape index (κ1) is 25.7. The van der Waals surface area contributed by atoms with Gasteiger partial charge in [0, 0.05) is 41.4 Å². The van der Waals surface area contributed by atoms with Crippen molar-refractivity contribution in [2.24, 2.45) is 11.7 Å². The molecule has 1 aromatic heterocycles. The molecule has 1 aliphatic rings. The topological polar surface area (TPSA) is 125 Å². The van der Waals surface area contributed by atoms with Crippen LogP contribution in [0.2, 0.25) is 11.3 Å². The molecule has 180 valence electrons. The number of hydrogen-bond acceptors (Lipinski definition) is 6. The quantitative estimate of drug-likeness (QED) is 0.367. The molecule has 8 nitrogen and oxygen atoms in total. The smallest absolute Gasteiger partial charge is 0.451 e. The van der Waals surface area contributed by atoms with E-state index in [1.165, 1.54) is 0 Å². The van der Waals surface area contributed by atoms with Crippen molar-refractivity contribution < 1.29 is 19.9 Å². The summed E-state index contributed by atoms with van der Waals surface area (Å²) in [7, 11) is -1.39. The second kappa shape index (κ2) is 11.5. The van der Waals surface area contributed by atoms with Crippen LogP contribution in [-0.2, 0) is 4.79 Å². The lowest BCUT2D eigenvalue weighted by Crippen LogP contribution is -2.67. The van der Waals surface area contributed by atoms with E-state index in [-0.39, 0.29) is 18.3 Å². The molecule has 0 bridgehead atoms. The van der Waals surface area contributed by atoms with Gasteiger partial charge in [0.05, 0.1) is 12.2 Å². The summed E-state index contributed by atoms with van der Waals surface area (Å²) in [6.07, 6.45) is 8.13. The van der Waals surface area contributed by atoms with E-state index in [4.69, 9.17) is 17.3 Å². The summed E-state index contributed by atoms with van der Waals surface area (Å²) in [5, 5.41) is 33.8. The van der Waals surface area contributed by atoms with E-state index in [1.807, 2.05) is 47.0 Å². The number of nitrogens with two attached hydrogens (primary N) is 1. The summed E-state index contributed by atoms with van der Waals surface area (Å²) in [6, 6.07) is 7.61. The third-order valence-corrected chi connectivity index (χ3v) is 7.03. The number of carboxylic acid groups (broad SMARTS) is 1. The summed E-state index contributed by atoms with van der Waals surface area (Å²) in [5.74, 6) is -1.34. The van der Waals surface area contributed by atoms with Crippen molar-refractivity contribution >= 4 is 24.7 Å². The number of aromatic nitrogens is 2. The van der Waals surface area contributed by atoms with Gasteiger partial charge in [-0.05, 0) is 38.1 Å². The summed E-state index contributed by atoms with van der Waals surface area (Å²) >= 11 is 6.34. The Labute approximate surface area is 200 Å². The molecule has 0 amide bonds. The van der Waals surface area contributed by atoms with Crippen LogP contribution in [0.3, 0.4) is 0 Å². The molecule has 1 saturated heterocycles. The highest BCUT2D eigenvalue weighted by molar-refractivity contribution is 6.40. The number of aliphatic carboxylic acids is 1. The van der Waals surface area contributed by atoms with Crippen LogP contribution in [0.5, 0.6) is 0 Å². The molecule has 10 heteroatoms. The highest BCUT2D eigenvalue weighted by atomic mass is 35.5. The van der Waals surface area contributed by atoms with Gasteiger partial charge in [-0.15, -0.1) is 0 Å². The van der Waals surface area contributed by atoms with Crippen molar-refractivity contribution in [1.29, 1.82) is 0 Å². The Kier molecular flexibility index (Phi) is 8.95. The van der Waals surface area contributed by atoms with Crippen molar-refractivity contribution in [3.8, 4) is 11.1 Å². The van der Waals surface area contributed by atoms with Crippen LogP contribution in [0, 0.1) is 5.92 Å². The van der Waals surface area contributed by atoms with Gasteiger partial charge in [-0.1, -0.05) is 49.6 Å². The maximum atomic E-state index is 12.5. The lowest BCUT2D eigenvalue weighted by atomic mass is 9.77. The van der Waals surface area contributed by atoms with Crippen LogP contribution in [-0.4, -0.2) is 61.7 Å². The van der Waals surface area contributed by atoms with Crippen molar-refractivity contribution in [1.82, 2.24) is 14.7 Å². The molecular weight excluding hydrogens is 443 g/mol. The highest BCUT2D eigenvalue weighted by Gasteiger charge is 2.48. The lowest BCUT2D eigenvalue weighted by Gasteiger charge is -2.46. The SMILES string of the molecule is CCCC(CCCB(O)O)C(N)(C(=O)O)N1CCCC(n2cc(-c3ccccc3Cl)cn2)C1. The first-order valence-corrected chi connectivity index (χ1v) is 12.1. The first-order valence-electron chi connectivity index (χ1n) is 11.7. The first-order chi connectivity index (χ1) is 15.8. The van der Waals surface area contributed by atoms with E-state index < -0.39 is 18.8 Å². The number of nitrogens with zero attached hydrogens (tertiary/aromatic N) is 3. The Morgan fingerprint density at radius 3 is 2.79 bits per heavy atom. The van der Waals surface area contributed by atoms with Gasteiger partial charge in [-0.3, -0.25) is 9.58 Å². The van der Waals surface area contributed by atoms with E-state index in [0.717, 1.165) is 30.4 Å². The third-order valence-electron chi connectivity index (χ3n) is 6.70. The Morgan fingerprint density at radius 2 is 2.12 bits per heavy atom. The molecule has 1 aliphatic heterocycles. The van der Waals surface area contributed by atoms with Crippen LogP contribution in [0.25, 0.3) is 11.1 Å². The van der Waals surface area contributed by atoms with Crippen molar-refractivity contribution in [3.63, 3.8) is 0 Å². The fourth-order valence-electron chi connectivity index (χ4n) is 4.93. The average Bonchev–Trinajstić information content (AvgIpc) is 3.28. The Hall–Kier alpha value is -1.91. The summed E-state index contributed by atoms with van der Waals surface area (Å²) in [6.45, 7) is 3.09. The molecule has 3 rings (SSSR count). The van der Waals surface area contributed by atoms with Gasteiger partial charge < -0.3 is 20.9 Å². The van der Waals surface area contributed by atoms with E-state index in [2.05, 4.69) is 5.10 Å². The van der Waals surface area contributed by atoms with Gasteiger partial charge in [-0.25, -0.2) is 4.79 Å². The molecule has 0 spiro atoms. The number of halogens is 1. The van der Waals surface area contributed by atoms with Gasteiger partial charge in [0.25, 0.3) is 0 Å². The predicted octanol–water partition coefficient (Wildman–Crippen LogP) is 3.25. The minimum Gasteiger partial charge on any atom is -0.479 e. The Balaban J connectivity index is 1.80. The number of carboxylic acids is 1. The van der Waals surface area contributed by atoms with Crippen LogP contribution in [0.15, 0.2) is 36.7 Å². The maximum Gasteiger partial charge on any atom is 0.451 e. The molecule has 2 aromatic rings. The highest BCUT2D eigenvalue weighted by Crippen LogP contribution is 2.35. The summed E-state index contributed by atoms with van der Waals surface area (Å²) in [4.78, 5) is 14.4. The number of rotatable bonds is 11. The zero-order chi connectivity index (χ0) is 24.0. The molecule has 0 radical (unpaired) electrons. The van der Waals surface area contributed by atoms with Crippen molar-refractivity contribution in [3.05, 3.63) is 41.7 Å². The molecule has 2 heterocycles. The fraction of sp³-hybridized carbons (Fsp3) is 0.565. The van der Waals surface area contributed by atoms with E-state index >= 15 is 0 Å². The normalized spacial score (nSPS) is 19.7. The van der Waals surface area contributed by atoms with Gasteiger partial charge in [-0.2, -0.15) is 5.10 Å². The number of carbonyl (C=O) groups is 1. The van der Waals surface area contributed by atoms with Gasteiger partial charge >= 0.3 is 13.1 Å². The molecule has 1 aromatic carbocycles. The average molecular weight is 477 g/mol. The molecule has 1 fully saturated rings.